The molecule has 0 atom stereocenters. The van der Waals surface area contributed by atoms with Crippen LogP contribution in [0.1, 0.15) is 23.5 Å². The number of nitrogens with one attached hydrogen (secondary N) is 2. The van der Waals surface area contributed by atoms with Crippen molar-refractivity contribution in [1.29, 1.82) is 0 Å². The van der Waals surface area contributed by atoms with Crippen molar-refractivity contribution in [3.8, 4) is 0 Å². The van der Waals surface area contributed by atoms with Gasteiger partial charge in [-0.15, -0.1) is 35.3 Å². The molecule has 0 saturated carbocycles. The zero-order chi connectivity index (χ0) is 17.6. The van der Waals surface area contributed by atoms with Gasteiger partial charge in [-0.2, -0.15) is 13.2 Å². The molecular weight excluding hydrogens is 466 g/mol. The number of aliphatic imine (C=N–C) groups is 1. The quantitative estimate of drug-likeness (QED) is 0.378. The van der Waals surface area contributed by atoms with Crippen molar-refractivity contribution >= 4 is 41.3 Å². The maximum atomic E-state index is 12.5. The smallest absolute Gasteiger partial charge is 0.356 e. The number of halogens is 4. The fourth-order valence-corrected chi connectivity index (χ4v) is 3.38. The zero-order valence-corrected chi connectivity index (χ0v) is 17.5. The van der Waals surface area contributed by atoms with E-state index in [2.05, 4.69) is 32.6 Å². The lowest BCUT2D eigenvalue weighted by Gasteiger charge is -2.29. The summed E-state index contributed by atoms with van der Waals surface area (Å²) >= 11 is 1.04. The number of piperidine rings is 1. The first-order valence-electron chi connectivity index (χ1n) is 8.03. The molecule has 2 heterocycles. The van der Waals surface area contributed by atoms with Gasteiger partial charge in [-0.05, 0) is 38.9 Å². The summed E-state index contributed by atoms with van der Waals surface area (Å²) in [7, 11) is 3.82. The molecule has 25 heavy (non-hydrogen) atoms. The van der Waals surface area contributed by atoms with Crippen molar-refractivity contribution in [3.63, 3.8) is 0 Å². The molecule has 1 saturated heterocycles. The first-order valence-corrected chi connectivity index (χ1v) is 8.91. The molecule has 0 unspecified atom stereocenters. The molecule has 2 rings (SSSR count). The zero-order valence-electron chi connectivity index (χ0n) is 14.4. The van der Waals surface area contributed by atoms with E-state index in [-0.39, 0.29) is 24.0 Å². The molecule has 10 heteroatoms. The normalized spacial score (nSPS) is 17.2. The summed E-state index contributed by atoms with van der Waals surface area (Å²) in [5.41, 5.74) is -0.813. The fourth-order valence-electron chi connectivity index (χ4n) is 2.57. The SMILES string of the molecule is CN=C(NCCc1nc(C(F)(F)F)cs1)NCC1CCN(C)CC1.I. The third-order valence-corrected chi connectivity index (χ3v) is 5.00. The first-order chi connectivity index (χ1) is 11.4. The number of thiazole rings is 1. The van der Waals surface area contributed by atoms with Crippen LogP contribution in [0.15, 0.2) is 10.4 Å². The van der Waals surface area contributed by atoms with Crippen molar-refractivity contribution in [2.24, 2.45) is 10.9 Å². The Morgan fingerprint density at radius 3 is 2.60 bits per heavy atom. The van der Waals surface area contributed by atoms with Gasteiger partial charge in [0.25, 0.3) is 0 Å². The number of guanidine groups is 1. The number of likely N-dealkylation sites (tertiary alicyclic amines) is 1. The van der Waals surface area contributed by atoms with Crippen LogP contribution in [0.3, 0.4) is 0 Å². The van der Waals surface area contributed by atoms with E-state index in [1.54, 1.807) is 7.05 Å². The minimum absolute atomic E-state index is 0. The van der Waals surface area contributed by atoms with Crippen LogP contribution in [0.2, 0.25) is 0 Å². The Morgan fingerprint density at radius 2 is 2.04 bits per heavy atom. The van der Waals surface area contributed by atoms with Crippen LogP contribution >= 0.6 is 35.3 Å². The van der Waals surface area contributed by atoms with E-state index in [0.29, 0.717) is 29.9 Å². The maximum Gasteiger partial charge on any atom is 0.434 e. The van der Waals surface area contributed by atoms with Crippen LogP contribution in [-0.2, 0) is 12.6 Å². The molecule has 144 valence electrons. The van der Waals surface area contributed by atoms with Gasteiger partial charge in [-0.25, -0.2) is 4.98 Å². The van der Waals surface area contributed by atoms with Crippen molar-refractivity contribution < 1.29 is 13.2 Å². The summed E-state index contributed by atoms with van der Waals surface area (Å²) in [5, 5.41) is 7.95. The van der Waals surface area contributed by atoms with E-state index in [1.165, 1.54) is 12.8 Å². The standard InChI is InChI=1S/C15H24F3N5S.HI/c1-19-14(21-9-11-4-7-23(2)8-5-11)20-6-3-13-22-12(10-24-13)15(16,17)18;/h10-11H,3-9H2,1-2H3,(H2,19,20,21);1H. The van der Waals surface area contributed by atoms with Gasteiger partial charge in [0.2, 0.25) is 0 Å². The Kier molecular flexibility index (Phi) is 9.43. The topological polar surface area (TPSA) is 52.6 Å². The molecule has 1 fully saturated rings. The lowest BCUT2D eigenvalue weighted by atomic mass is 9.97. The summed E-state index contributed by atoms with van der Waals surface area (Å²) in [6, 6.07) is 0. The van der Waals surface area contributed by atoms with Crippen molar-refractivity contribution in [3.05, 3.63) is 16.1 Å². The number of hydrogen-bond acceptors (Lipinski definition) is 4. The molecule has 0 radical (unpaired) electrons. The second-order valence-electron chi connectivity index (χ2n) is 6.00. The molecule has 0 spiro atoms. The van der Waals surface area contributed by atoms with E-state index in [4.69, 9.17) is 0 Å². The van der Waals surface area contributed by atoms with Crippen LogP contribution in [-0.4, -0.2) is 56.1 Å². The Morgan fingerprint density at radius 1 is 1.36 bits per heavy atom. The third kappa shape index (κ3) is 7.65. The minimum atomic E-state index is -4.37. The van der Waals surface area contributed by atoms with Gasteiger partial charge in [-0.1, -0.05) is 0 Å². The molecule has 2 N–H and O–H groups in total. The molecule has 1 aromatic heterocycles. The van der Waals surface area contributed by atoms with E-state index >= 15 is 0 Å². The van der Waals surface area contributed by atoms with Gasteiger partial charge in [0.15, 0.2) is 11.7 Å². The molecule has 5 nitrogen and oxygen atoms in total. The van der Waals surface area contributed by atoms with Crippen LogP contribution in [0.25, 0.3) is 0 Å². The van der Waals surface area contributed by atoms with Gasteiger partial charge in [0.05, 0.1) is 5.01 Å². The number of alkyl halides is 3. The van der Waals surface area contributed by atoms with Crippen molar-refractivity contribution in [1.82, 2.24) is 20.5 Å². The first kappa shape index (κ1) is 22.4. The average Bonchev–Trinajstić information content (AvgIpc) is 3.01. The number of nitrogens with zero attached hydrogens (tertiary/aromatic N) is 3. The Hall–Kier alpha value is -0.620. The number of rotatable bonds is 5. The highest BCUT2D eigenvalue weighted by atomic mass is 127. The molecule has 1 aromatic rings. The predicted octanol–water partition coefficient (Wildman–Crippen LogP) is 2.83. The van der Waals surface area contributed by atoms with Gasteiger partial charge in [0, 0.05) is 31.9 Å². The molecule has 0 bridgehead atoms. The Balaban J connectivity index is 0.00000312. The molecular formula is C15H25F3IN5S. The molecule has 1 aliphatic heterocycles. The average molecular weight is 491 g/mol. The summed E-state index contributed by atoms with van der Waals surface area (Å²) in [6.07, 6.45) is -1.59. The second-order valence-corrected chi connectivity index (χ2v) is 6.94. The summed E-state index contributed by atoms with van der Waals surface area (Å²) < 4.78 is 37.5. The molecule has 1 aliphatic rings. The maximum absolute atomic E-state index is 12.5. The highest BCUT2D eigenvalue weighted by Gasteiger charge is 2.33. The second kappa shape index (κ2) is 10.5. The van der Waals surface area contributed by atoms with Gasteiger partial charge in [0.1, 0.15) is 0 Å². The largest absolute Gasteiger partial charge is 0.434 e. The van der Waals surface area contributed by atoms with Crippen LogP contribution in [0.5, 0.6) is 0 Å². The third-order valence-electron chi connectivity index (χ3n) is 4.09. The van der Waals surface area contributed by atoms with Crippen molar-refractivity contribution in [2.45, 2.75) is 25.4 Å². The lowest BCUT2D eigenvalue weighted by Crippen LogP contribution is -2.42. The van der Waals surface area contributed by atoms with E-state index < -0.39 is 11.9 Å². The number of aromatic nitrogens is 1. The van der Waals surface area contributed by atoms with Crippen LogP contribution in [0, 0.1) is 5.92 Å². The molecule has 0 aliphatic carbocycles. The fraction of sp³-hybridized carbons (Fsp3) is 0.733. The summed E-state index contributed by atoms with van der Waals surface area (Å²) in [4.78, 5) is 10.1. The highest BCUT2D eigenvalue weighted by molar-refractivity contribution is 14.0. The van der Waals surface area contributed by atoms with Gasteiger partial charge < -0.3 is 15.5 Å². The summed E-state index contributed by atoms with van der Waals surface area (Å²) in [6.45, 7) is 3.59. The van der Waals surface area contributed by atoms with E-state index in [9.17, 15) is 13.2 Å². The molecule has 0 aromatic carbocycles. The minimum Gasteiger partial charge on any atom is -0.356 e. The highest BCUT2D eigenvalue weighted by Crippen LogP contribution is 2.29. The van der Waals surface area contributed by atoms with Gasteiger partial charge >= 0.3 is 6.18 Å². The van der Waals surface area contributed by atoms with Gasteiger partial charge in [-0.3, -0.25) is 4.99 Å². The van der Waals surface area contributed by atoms with Crippen molar-refractivity contribution in [2.75, 3.05) is 40.3 Å². The summed E-state index contributed by atoms with van der Waals surface area (Å²) in [5.74, 6) is 1.31. The monoisotopic (exact) mass is 491 g/mol. The molecule has 0 amide bonds. The lowest BCUT2D eigenvalue weighted by molar-refractivity contribution is -0.140. The number of hydrogen-bond donors (Lipinski definition) is 2. The van der Waals surface area contributed by atoms with Crippen LogP contribution in [0.4, 0.5) is 13.2 Å². The van der Waals surface area contributed by atoms with E-state index in [1.807, 2.05) is 0 Å². The Labute approximate surface area is 167 Å². The van der Waals surface area contributed by atoms with Crippen LogP contribution < -0.4 is 10.6 Å². The Bertz CT molecular complexity index is 542. The predicted molar refractivity (Wildman–Crippen MR) is 106 cm³/mol. The van der Waals surface area contributed by atoms with E-state index in [0.717, 1.165) is 36.4 Å².